The van der Waals surface area contributed by atoms with E-state index >= 15 is 0 Å². The van der Waals surface area contributed by atoms with Gasteiger partial charge >= 0.3 is 39.5 Å². The van der Waals surface area contributed by atoms with Crippen molar-refractivity contribution in [1.82, 2.24) is 0 Å². The lowest BCUT2D eigenvalue weighted by atomic mass is 9.99. The van der Waals surface area contributed by atoms with E-state index in [9.17, 15) is 43.2 Å². The molecule has 3 unspecified atom stereocenters. The van der Waals surface area contributed by atoms with Crippen molar-refractivity contribution < 1.29 is 80.2 Å². The van der Waals surface area contributed by atoms with E-state index in [2.05, 4.69) is 34.6 Å². The topological polar surface area (TPSA) is 237 Å². The van der Waals surface area contributed by atoms with Crippen molar-refractivity contribution in [3.8, 4) is 0 Å². The van der Waals surface area contributed by atoms with Crippen LogP contribution in [0.5, 0.6) is 0 Å². The minimum Gasteiger partial charge on any atom is -0.462 e. The summed E-state index contributed by atoms with van der Waals surface area (Å²) in [5.41, 5.74) is 0. The lowest BCUT2D eigenvalue weighted by Crippen LogP contribution is -2.30. The van der Waals surface area contributed by atoms with Gasteiger partial charge in [0.1, 0.15) is 19.3 Å². The van der Waals surface area contributed by atoms with Crippen LogP contribution in [0.3, 0.4) is 0 Å². The average molecular weight is 1490 g/mol. The van der Waals surface area contributed by atoms with Gasteiger partial charge in [-0.2, -0.15) is 0 Å². The van der Waals surface area contributed by atoms with Crippen LogP contribution in [-0.4, -0.2) is 96.7 Å². The molecule has 0 fully saturated rings. The molecule has 3 N–H and O–H groups in total. The molecule has 0 aliphatic carbocycles. The fourth-order valence-corrected chi connectivity index (χ4v) is 14.5. The van der Waals surface area contributed by atoms with Crippen LogP contribution in [0, 0.1) is 5.92 Å². The summed E-state index contributed by atoms with van der Waals surface area (Å²) in [6, 6.07) is 0. The van der Waals surface area contributed by atoms with Crippen molar-refractivity contribution in [3.05, 3.63) is 0 Å². The third kappa shape index (κ3) is 74.9. The molecule has 606 valence electrons. The number of carbonyl (C=O) groups excluding carboxylic acids is 4. The molecule has 102 heavy (non-hydrogen) atoms. The Morgan fingerprint density at radius 3 is 0.696 bits per heavy atom. The molecule has 0 radical (unpaired) electrons. The van der Waals surface area contributed by atoms with Gasteiger partial charge in [-0.05, 0) is 31.6 Å². The lowest BCUT2D eigenvalue weighted by Gasteiger charge is -2.21. The van der Waals surface area contributed by atoms with E-state index in [1.165, 1.54) is 270 Å². The number of aliphatic hydroxyl groups excluding tert-OH is 1. The van der Waals surface area contributed by atoms with Crippen LogP contribution >= 0.6 is 15.6 Å². The molecule has 19 heteroatoms. The van der Waals surface area contributed by atoms with E-state index in [1.807, 2.05) is 0 Å². The second-order valence-electron chi connectivity index (χ2n) is 30.1. The van der Waals surface area contributed by atoms with Gasteiger partial charge in [-0.25, -0.2) is 9.13 Å². The molecule has 0 aromatic carbocycles. The fraction of sp³-hybridized carbons (Fsp3) is 0.952. The largest absolute Gasteiger partial charge is 0.472 e. The van der Waals surface area contributed by atoms with Crippen molar-refractivity contribution in [3.63, 3.8) is 0 Å². The lowest BCUT2D eigenvalue weighted by molar-refractivity contribution is -0.161. The van der Waals surface area contributed by atoms with E-state index < -0.39 is 97.5 Å². The van der Waals surface area contributed by atoms with Gasteiger partial charge in [-0.3, -0.25) is 37.3 Å². The van der Waals surface area contributed by atoms with Crippen LogP contribution in [0.25, 0.3) is 0 Å². The Morgan fingerprint density at radius 2 is 0.471 bits per heavy atom. The molecule has 0 heterocycles. The molecule has 0 aromatic rings. The molecular formula is C83H162O17P2. The first kappa shape index (κ1) is 100. The highest BCUT2D eigenvalue weighted by Crippen LogP contribution is 2.45. The van der Waals surface area contributed by atoms with Gasteiger partial charge in [0, 0.05) is 25.7 Å². The van der Waals surface area contributed by atoms with Crippen molar-refractivity contribution >= 4 is 39.5 Å². The summed E-state index contributed by atoms with van der Waals surface area (Å²) in [5.74, 6) is -1.25. The fourth-order valence-electron chi connectivity index (χ4n) is 12.9. The maximum absolute atomic E-state index is 13.1. The highest BCUT2D eigenvalue weighted by Gasteiger charge is 2.30. The number of hydrogen-bond acceptors (Lipinski definition) is 15. The Kier molecular flexibility index (Phi) is 74.4. The predicted octanol–water partition coefficient (Wildman–Crippen LogP) is 25.2. The summed E-state index contributed by atoms with van der Waals surface area (Å²) in [4.78, 5) is 73.1. The summed E-state index contributed by atoms with van der Waals surface area (Å²) < 4.78 is 68.8. The average Bonchev–Trinajstić information content (AvgIpc) is 0.927. The molecule has 0 aliphatic rings. The van der Waals surface area contributed by atoms with Gasteiger partial charge in [0.25, 0.3) is 0 Å². The summed E-state index contributed by atoms with van der Waals surface area (Å²) in [6.45, 7) is 7.41. The molecule has 6 atom stereocenters. The SMILES string of the molecule is CCCCCCCCCCCCCCCCCCCC(=O)OC[C@H](COP(=O)(O)OC[C@@H](O)COP(=O)(O)OC[C@@H](COC(=O)CCCCCCCCCCCCCC)OC(=O)CCCCCCCCCCCCCCCCC)OC(=O)CCCCCCCCCCCCCCCCC(C)CC. The Bertz CT molecular complexity index is 1950. The van der Waals surface area contributed by atoms with E-state index in [4.69, 9.17) is 37.0 Å². The normalized spacial score (nSPS) is 14.1. The van der Waals surface area contributed by atoms with Crippen molar-refractivity contribution in [2.75, 3.05) is 39.6 Å². The summed E-state index contributed by atoms with van der Waals surface area (Å²) >= 11 is 0. The number of aliphatic hydroxyl groups is 1. The van der Waals surface area contributed by atoms with Gasteiger partial charge in [0.05, 0.1) is 26.4 Å². The highest BCUT2D eigenvalue weighted by atomic mass is 31.2. The molecule has 17 nitrogen and oxygen atoms in total. The Hall–Kier alpha value is -1.94. The van der Waals surface area contributed by atoms with E-state index in [-0.39, 0.29) is 25.7 Å². The molecule has 0 aromatic heterocycles. The van der Waals surface area contributed by atoms with Crippen molar-refractivity contribution in [2.24, 2.45) is 5.92 Å². The number of phosphoric ester groups is 2. The van der Waals surface area contributed by atoms with Gasteiger partial charge in [-0.15, -0.1) is 0 Å². The third-order valence-corrected chi connectivity index (χ3v) is 21.8. The number of carbonyl (C=O) groups is 4. The van der Waals surface area contributed by atoms with Crippen LogP contribution in [-0.2, 0) is 65.4 Å². The van der Waals surface area contributed by atoms with Crippen molar-refractivity contribution in [2.45, 2.75) is 464 Å². The molecule has 0 saturated heterocycles. The van der Waals surface area contributed by atoms with Crippen LogP contribution in [0.4, 0.5) is 0 Å². The molecule has 0 rings (SSSR count). The van der Waals surface area contributed by atoms with E-state index in [0.29, 0.717) is 25.7 Å². The molecule has 0 amide bonds. The van der Waals surface area contributed by atoms with Crippen LogP contribution in [0.2, 0.25) is 0 Å². The summed E-state index contributed by atoms with van der Waals surface area (Å²) in [6.07, 6.45) is 67.7. The molecule has 0 aliphatic heterocycles. The number of phosphoric acid groups is 2. The molecule has 0 spiro atoms. The Morgan fingerprint density at radius 1 is 0.275 bits per heavy atom. The van der Waals surface area contributed by atoms with Crippen molar-refractivity contribution in [1.29, 1.82) is 0 Å². The second-order valence-corrected chi connectivity index (χ2v) is 33.0. The minimum atomic E-state index is -4.96. The predicted molar refractivity (Wildman–Crippen MR) is 418 cm³/mol. The molecule has 0 saturated carbocycles. The number of ether oxygens (including phenoxy) is 4. The molecular weight excluding hydrogens is 1330 g/mol. The number of unbranched alkanes of at least 4 members (excludes halogenated alkanes) is 54. The third-order valence-electron chi connectivity index (χ3n) is 19.9. The monoisotopic (exact) mass is 1490 g/mol. The zero-order valence-corrected chi connectivity index (χ0v) is 68.5. The zero-order valence-electron chi connectivity index (χ0n) is 66.8. The Balaban J connectivity index is 5.26. The zero-order chi connectivity index (χ0) is 74.8. The maximum Gasteiger partial charge on any atom is 0.472 e. The first-order valence-corrected chi connectivity index (χ1v) is 46.2. The van der Waals surface area contributed by atoms with E-state index in [0.717, 1.165) is 95.8 Å². The van der Waals surface area contributed by atoms with Gasteiger partial charge in [-0.1, -0.05) is 394 Å². The summed E-state index contributed by atoms with van der Waals surface area (Å²) in [7, 11) is -9.92. The number of rotatable bonds is 83. The maximum atomic E-state index is 13.1. The number of hydrogen-bond donors (Lipinski definition) is 3. The van der Waals surface area contributed by atoms with Crippen LogP contribution in [0.15, 0.2) is 0 Å². The highest BCUT2D eigenvalue weighted by molar-refractivity contribution is 7.47. The quantitative estimate of drug-likeness (QED) is 0.0222. The number of esters is 4. The Labute approximate surface area is 626 Å². The first-order valence-electron chi connectivity index (χ1n) is 43.2. The smallest absolute Gasteiger partial charge is 0.462 e. The summed E-state index contributed by atoms with van der Waals surface area (Å²) in [5, 5.41) is 10.7. The standard InChI is InChI=1S/C83H162O17P2/c1-6-10-13-16-19-22-25-28-30-31-33-37-42-47-52-57-62-67-81(86)94-73-79(100-83(88)69-64-59-54-49-44-39-35-34-36-40-45-50-55-60-65-76(5)9-4)75-98-102(91,92)96-71-77(84)70-95-101(89,90)97-74-78(72-93-80(85)66-61-56-51-46-41-27-24-21-18-15-12-8-3)99-82(87)68-63-58-53-48-43-38-32-29-26-23-20-17-14-11-7-2/h76-79,84H,6-75H2,1-5H3,(H,89,90)(H,91,92)/t76?,77-,78+,79+/m0/s1. The van der Waals surface area contributed by atoms with Gasteiger partial charge in [0.2, 0.25) is 0 Å². The van der Waals surface area contributed by atoms with Gasteiger partial charge in [0.15, 0.2) is 12.2 Å². The van der Waals surface area contributed by atoms with E-state index in [1.54, 1.807) is 0 Å². The van der Waals surface area contributed by atoms with Crippen LogP contribution < -0.4 is 0 Å². The van der Waals surface area contributed by atoms with Gasteiger partial charge < -0.3 is 33.8 Å². The molecule has 0 bridgehead atoms. The second kappa shape index (κ2) is 75.9. The van der Waals surface area contributed by atoms with Crippen LogP contribution in [0.1, 0.15) is 446 Å². The first-order chi connectivity index (χ1) is 49.6. The minimum absolute atomic E-state index is 0.109.